The van der Waals surface area contributed by atoms with Crippen LogP contribution in [0.3, 0.4) is 0 Å². The third kappa shape index (κ3) is 5.87. The lowest BCUT2D eigenvalue weighted by molar-refractivity contribution is 1.18. The first-order chi connectivity index (χ1) is 26.2. The fourth-order valence-corrected chi connectivity index (χ4v) is 8.49. The minimum absolute atomic E-state index is 0.698. The molecule has 0 radical (unpaired) electrons. The van der Waals surface area contributed by atoms with Crippen molar-refractivity contribution in [3.63, 3.8) is 0 Å². The predicted molar refractivity (Wildman–Crippen MR) is 225 cm³/mol. The monoisotopic (exact) mass is 692 g/mol. The molecule has 0 atom stereocenters. The summed E-state index contributed by atoms with van der Waals surface area (Å²) in [6.07, 6.45) is 0. The fourth-order valence-electron chi connectivity index (χ4n) is 7.40. The van der Waals surface area contributed by atoms with Crippen molar-refractivity contribution in [2.75, 3.05) is 0 Å². The normalized spacial score (nSPS) is 11.4. The van der Waals surface area contributed by atoms with Crippen molar-refractivity contribution in [3.8, 4) is 67.3 Å². The zero-order valence-electron chi connectivity index (χ0n) is 28.8. The number of thiophene rings is 1. The van der Waals surface area contributed by atoms with Crippen molar-refractivity contribution in [1.82, 2.24) is 9.97 Å². The quantitative estimate of drug-likeness (QED) is 0.173. The Morgan fingerprint density at radius 1 is 0.302 bits per heavy atom. The average molecular weight is 693 g/mol. The smallest absolute Gasteiger partial charge is 0.160 e. The second kappa shape index (κ2) is 13.1. The largest absolute Gasteiger partial charge is 0.228 e. The fraction of sp³-hybridized carbons (Fsp3) is 0. The summed E-state index contributed by atoms with van der Waals surface area (Å²) in [5.41, 5.74) is 11.9. The minimum Gasteiger partial charge on any atom is -0.228 e. The van der Waals surface area contributed by atoms with E-state index < -0.39 is 0 Å². The Morgan fingerprint density at radius 2 is 0.868 bits per heavy atom. The molecule has 0 spiro atoms. The van der Waals surface area contributed by atoms with Gasteiger partial charge in [0.2, 0.25) is 0 Å². The molecule has 0 bridgehead atoms. The van der Waals surface area contributed by atoms with Crippen molar-refractivity contribution in [2.24, 2.45) is 0 Å². The third-order valence-electron chi connectivity index (χ3n) is 10.1. The minimum atomic E-state index is 0.698. The zero-order valence-corrected chi connectivity index (χ0v) is 29.6. The molecule has 10 aromatic rings. The first kappa shape index (κ1) is 31.1. The van der Waals surface area contributed by atoms with Crippen LogP contribution in [0.25, 0.3) is 98.2 Å². The van der Waals surface area contributed by atoms with Crippen molar-refractivity contribution in [1.29, 1.82) is 0 Å². The first-order valence-corrected chi connectivity index (χ1v) is 18.7. The standard InChI is InChI=1S/C50H32N2S/c1-3-12-33(13-4-1)34-22-24-37(25-23-34)50-51-46(36-15-5-2-6-16-36)32-47(52-50)41-29-39(28-40(30-41)43-20-11-17-35-14-7-8-18-42(35)43)38-26-27-49-45(31-38)44-19-9-10-21-48(44)53-49/h1-32H. The van der Waals surface area contributed by atoms with Crippen LogP contribution in [-0.2, 0) is 0 Å². The van der Waals surface area contributed by atoms with E-state index in [1.807, 2.05) is 23.5 Å². The highest BCUT2D eigenvalue weighted by Gasteiger charge is 2.16. The SMILES string of the molecule is c1ccc(-c2ccc(-c3nc(-c4ccccc4)cc(-c4cc(-c5ccc6sc7ccccc7c6c5)cc(-c5cccc6ccccc56)c4)n3)cc2)cc1. The number of nitrogens with zero attached hydrogens (tertiary/aromatic N) is 2. The molecule has 10 rings (SSSR count). The molecule has 2 aromatic heterocycles. The van der Waals surface area contributed by atoms with E-state index in [1.165, 1.54) is 47.6 Å². The molecule has 0 amide bonds. The van der Waals surface area contributed by atoms with E-state index in [4.69, 9.17) is 9.97 Å². The van der Waals surface area contributed by atoms with Crippen LogP contribution in [0.4, 0.5) is 0 Å². The van der Waals surface area contributed by atoms with Gasteiger partial charge in [0.1, 0.15) is 0 Å². The molecular formula is C50H32N2S. The van der Waals surface area contributed by atoms with E-state index in [-0.39, 0.29) is 0 Å². The highest BCUT2D eigenvalue weighted by molar-refractivity contribution is 7.25. The van der Waals surface area contributed by atoms with Gasteiger partial charge in [-0.15, -0.1) is 11.3 Å². The number of benzene rings is 8. The molecule has 0 N–H and O–H groups in total. The summed E-state index contributed by atoms with van der Waals surface area (Å²) in [5, 5.41) is 5.03. The van der Waals surface area contributed by atoms with E-state index in [0.717, 1.165) is 44.8 Å². The van der Waals surface area contributed by atoms with Crippen LogP contribution < -0.4 is 0 Å². The van der Waals surface area contributed by atoms with Crippen LogP contribution >= 0.6 is 11.3 Å². The van der Waals surface area contributed by atoms with Gasteiger partial charge in [-0.05, 0) is 86.6 Å². The maximum atomic E-state index is 5.31. The highest BCUT2D eigenvalue weighted by atomic mass is 32.1. The molecule has 8 aromatic carbocycles. The van der Waals surface area contributed by atoms with Crippen LogP contribution in [0.1, 0.15) is 0 Å². The van der Waals surface area contributed by atoms with Gasteiger partial charge in [0.25, 0.3) is 0 Å². The summed E-state index contributed by atoms with van der Waals surface area (Å²) in [4.78, 5) is 10.5. The molecule has 0 aliphatic carbocycles. The van der Waals surface area contributed by atoms with E-state index in [2.05, 4.69) is 182 Å². The van der Waals surface area contributed by atoms with Gasteiger partial charge in [-0.25, -0.2) is 9.97 Å². The Balaban J connectivity index is 1.18. The van der Waals surface area contributed by atoms with Gasteiger partial charge >= 0.3 is 0 Å². The number of rotatable bonds is 6. The summed E-state index contributed by atoms with van der Waals surface area (Å²) >= 11 is 1.85. The van der Waals surface area contributed by atoms with Gasteiger partial charge in [0.05, 0.1) is 11.4 Å². The molecular weight excluding hydrogens is 661 g/mol. The van der Waals surface area contributed by atoms with Gasteiger partial charge in [-0.3, -0.25) is 0 Å². The maximum absolute atomic E-state index is 5.31. The molecule has 2 nitrogen and oxygen atoms in total. The second-order valence-electron chi connectivity index (χ2n) is 13.4. The van der Waals surface area contributed by atoms with Gasteiger partial charge in [-0.2, -0.15) is 0 Å². The van der Waals surface area contributed by atoms with Gasteiger partial charge in [0, 0.05) is 36.9 Å². The van der Waals surface area contributed by atoms with E-state index >= 15 is 0 Å². The average Bonchev–Trinajstić information content (AvgIpc) is 3.62. The molecule has 0 saturated carbocycles. The van der Waals surface area contributed by atoms with Crippen molar-refractivity contribution < 1.29 is 0 Å². The van der Waals surface area contributed by atoms with Crippen LogP contribution in [0, 0.1) is 0 Å². The molecule has 2 heterocycles. The number of hydrogen-bond acceptors (Lipinski definition) is 3. The summed E-state index contributed by atoms with van der Waals surface area (Å²) in [6, 6.07) is 69.3. The molecule has 0 aliphatic heterocycles. The lowest BCUT2D eigenvalue weighted by Crippen LogP contribution is -1.97. The maximum Gasteiger partial charge on any atom is 0.160 e. The first-order valence-electron chi connectivity index (χ1n) is 17.9. The van der Waals surface area contributed by atoms with Crippen LogP contribution in [0.15, 0.2) is 194 Å². The predicted octanol–water partition coefficient (Wildman–Crippen LogP) is 14.0. The lowest BCUT2D eigenvalue weighted by Gasteiger charge is -2.14. The van der Waals surface area contributed by atoms with E-state index in [0.29, 0.717) is 5.82 Å². The molecule has 53 heavy (non-hydrogen) atoms. The van der Waals surface area contributed by atoms with Gasteiger partial charge in [0.15, 0.2) is 5.82 Å². The van der Waals surface area contributed by atoms with Crippen molar-refractivity contribution >= 4 is 42.3 Å². The van der Waals surface area contributed by atoms with Gasteiger partial charge in [-0.1, -0.05) is 152 Å². The van der Waals surface area contributed by atoms with Gasteiger partial charge < -0.3 is 0 Å². The molecule has 0 fully saturated rings. The summed E-state index contributed by atoms with van der Waals surface area (Å²) in [5.74, 6) is 0.698. The molecule has 0 aliphatic rings. The lowest BCUT2D eigenvalue weighted by atomic mass is 9.91. The van der Waals surface area contributed by atoms with Crippen molar-refractivity contribution in [3.05, 3.63) is 194 Å². The van der Waals surface area contributed by atoms with E-state index in [1.54, 1.807) is 0 Å². The highest BCUT2D eigenvalue weighted by Crippen LogP contribution is 2.40. The summed E-state index contributed by atoms with van der Waals surface area (Å²) < 4.78 is 2.61. The molecule has 0 unspecified atom stereocenters. The number of hydrogen-bond donors (Lipinski definition) is 0. The van der Waals surface area contributed by atoms with Crippen LogP contribution in [0.2, 0.25) is 0 Å². The Bertz CT molecular complexity index is 2920. The second-order valence-corrected chi connectivity index (χ2v) is 14.5. The Labute approximate surface area is 312 Å². The van der Waals surface area contributed by atoms with Crippen LogP contribution in [-0.4, -0.2) is 9.97 Å². The molecule has 0 saturated heterocycles. The zero-order chi connectivity index (χ0) is 35.1. The molecule has 3 heteroatoms. The summed E-state index contributed by atoms with van der Waals surface area (Å²) in [6.45, 7) is 0. The third-order valence-corrected chi connectivity index (χ3v) is 11.2. The number of fused-ring (bicyclic) bond motifs is 4. The number of aromatic nitrogens is 2. The Morgan fingerprint density at radius 3 is 1.68 bits per heavy atom. The molecule has 248 valence electrons. The summed E-state index contributed by atoms with van der Waals surface area (Å²) in [7, 11) is 0. The van der Waals surface area contributed by atoms with Crippen LogP contribution in [0.5, 0.6) is 0 Å². The van der Waals surface area contributed by atoms with Crippen molar-refractivity contribution in [2.45, 2.75) is 0 Å². The Hall–Kier alpha value is -6.68. The Kier molecular flexibility index (Phi) is 7.71. The topological polar surface area (TPSA) is 25.8 Å². The van der Waals surface area contributed by atoms with E-state index in [9.17, 15) is 0 Å².